The van der Waals surface area contributed by atoms with Crippen molar-refractivity contribution in [2.75, 3.05) is 0 Å². The molecule has 0 bridgehead atoms. The number of nitriles is 1. The van der Waals surface area contributed by atoms with Gasteiger partial charge in [0.15, 0.2) is 0 Å². The van der Waals surface area contributed by atoms with Gasteiger partial charge in [0.25, 0.3) is 0 Å². The third-order valence-electron chi connectivity index (χ3n) is 1.67. The van der Waals surface area contributed by atoms with Gasteiger partial charge in [-0.05, 0) is 18.2 Å². The van der Waals surface area contributed by atoms with E-state index in [0.717, 1.165) is 17.4 Å². The van der Waals surface area contributed by atoms with Crippen LogP contribution in [0.25, 0.3) is 6.08 Å². The SMILES string of the molecule is N#C/C(=C\C=C\c1ccc([N+](=O)[O-])s1)C(=O)O. The molecule has 1 aromatic rings. The van der Waals surface area contributed by atoms with Gasteiger partial charge in [0, 0.05) is 10.9 Å². The zero-order chi connectivity index (χ0) is 12.8. The normalized spacial score (nSPS) is 11.4. The highest BCUT2D eigenvalue weighted by atomic mass is 32.1. The standard InChI is InChI=1S/C10H6N2O4S/c11-6-7(10(13)14)2-1-3-8-4-5-9(17-8)12(15)16/h1-5H,(H,13,14)/b3-1+,7-2+. The van der Waals surface area contributed by atoms with Gasteiger partial charge < -0.3 is 5.11 Å². The monoisotopic (exact) mass is 250 g/mol. The lowest BCUT2D eigenvalue weighted by Crippen LogP contribution is -1.96. The molecule has 0 amide bonds. The van der Waals surface area contributed by atoms with E-state index in [4.69, 9.17) is 10.4 Å². The van der Waals surface area contributed by atoms with Crippen molar-refractivity contribution in [3.05, 3.63) is 44.8 Å². The predicted octanol–water partition coefficient (Wildman–Crippen LogP) is 2.20. The first-order valence-electron chi connectivity index (χ1n) is 4.30. The van der Waals surface area contributed by atoms with Crippen LogP contribution in [0.5, 0.6) is 0 Å². The van der Waals surface area contributed by atoms with E-state index in [1.165, 1.54) is 24.3 Å². The lowest BCUT2D eigenvalue weighted by molar-refractivity contribution is -0.380. The molecule has 0 saturated heterocycles. The molecule has 0 spiro atoms. The van der Waals surface area contributed by atoms with Gasteiger partial charge in [-0.15, -0.1) is 0 Å². The number of hydrogen-bond acceptors (Lipinski definition) is 5. The van der Waals surface area contributed by atoms with Crippen LogP contribution in [0.4, 0.5) is 5.00 Å². The molecule has 0 aliphatic rings. The number of nitrogens with zero attached hydrogens (tertiary/aromatic N) is 2. The number of aliphatic carboxylic acids is 1. The predicted molar refractivity (Wildman–Crippen MR) is 61.3 cm³/mol. The molecule has 1 aromatic heterocycles. The van der Waals surface area contributed by atoms with Crippen molar-refractivity contribution in [2.24, 2.45) is 0 Å². The fraction of sp³-hybridized carbons (Fsp3) is 0. The van der Waals surface area contributed by atoms with Gasteiger partial charge in [-0.1, -0.05) is 17.4 Å². The van der Waals surface area contributed by atoms with Crippen LogP contribution in [-0.2, 0) is 4.79 Å². The van der Waals surface area contributed by atoms with Crippen molar-refractivity contribution < 1.29 is 14.8 Å². The van der Waals surface area contributed by atoms with Gasteiger partial charge in [-0.3, -0.25) is 10.1 Å². The minimum absolute atomic E-state index is 0.00682. The van der Waals surface area contributed by atoms with E-state index >= 15 is 0 Å². The zero-order valence-corrected chi connectivity index (χ0v) is 9.18. The minimum atomic E-state index is -1.31. The Morgan fingerprint density at radius 2 is 2.29 bits per heavy atom. The van der Waals surface area contributed by atoms with Gasteiger partial charge in [-0.25, -0.2) is 4.79 Å². The van der Waals surface area contributed by atoms with E-state index in [9.17, 15) is 14.9 Å². The highest BCUT2D eigenvalue weighted by molar-refractivity contribution is 7.16. The average molecular weight is 250 g/mol. The fourth-order valence-electron chi connectivity index (χ4n) is 0.925. The second kappa shape index (κ2) is 5.58. The molecule has 1 heterocycles. The second-order valence-corrected chi connectivity index (χ2v) is 3.88. The van der Waals surface area contributed by atoms with Crippen LogP contribution in [0.3, 0.4) is 0 Å². The van der Waals surface area contributed by atoms with E-state index < -0.39 is 16.5 Å². The molecule has 0 saturated carbocycles. The largest absolute Gasteiger partial charge is 0.477 e. The summed E-state index contributed by atoms with van der Waals surface area (Å²) >= 11 is 0.963. The fourth-order valence-corrected chi connectivity index (χ4v) is 1.66. The number of rotatable bonds is 4. The Balaban J connectivity index is 2.81. The molecule has 86 valence electrons. The molecule has 6 nitrogen and oxygen atoms in total. The van der Waals surface area contributed by atoms with Crippen LogP contribution < -0.4 is 0 Å². The summed E-state index contributed by atoms with van der Waals surface area (Å²) in [5.41, 5.74) is -0.396. The van der Waals surface area contributed by atoms with E-state index in [1.807, 2.05) is 0 Å². The van der Waals surface area contributed by atoms with Crippen LogP contribution in [0.15, 0.2) is 29.9 Å². The Kier molecular flexibility index (Phi) is 4.14. The highest BCUT2D eigenvalue weighted by Gasteiger charge is 2.07. The summed E-state index contributed by atoms with van der Waals surface area (Å²) in [5, 5.41) is 27.4. The van der Waals surface area contributed by atoms with Crippen LogP contribution in [0.1, 0.15) is 4.88 Å². The molecule has 1 N–H and O–H groups in total. The Bertz CT molecular complexity index is 551. The van der Waals surface area contributed by atoms with Crippen LogP contribution in [0.2, 0.25) is 0 Å². The van der Waals surface area contributed by atoms with E-state index in [0.29, 0.717) is 4.88 Å². The number of allylic oxidation sites excluding steroid dienone is 2. The summed E-state index contributed by atoms with van der Waals surface area (Å²) in [5.74, 6) is -1.31. The zero-order valence-electron chi connectivity index (χ0n) is 8.36. The minimum Gasteiger partial charge on any atom is -0.477 e. The lowest BCUT2D eigenvalue weighted by Gasteiger charge is -1.85. The molecule has 0 radical (unpaired) electrons. The molecular formula is C10H6N2O4S. The smallest absolute Gasteiger partial charge is 0.346 e. The van der Waals surface area contributed by atoms with Gasteiger partial charge in [0.05, 0.1) is 4.92 Å². The molecule has 0 atom stereocenters. The van der Waals surface area contributed by atoms with Crippen molar-refractivity contribution in [1.29, 1.82) is 5.26 Å². The summed E-state index contributed by atoms with van der Waals surface area (Å²) < 4.78 is 0. The molecule has 0 aromatic carbocycles. The molecule has 0 aliphatic heterocycles. The summed E-state index contributed by atoms with van der Waals surface area (Å²) in [6.07, 6.45) is 3.99. The molecule has 17 heavy (non-hydrogen) atoms. The van der Waals surface area contributed by atoms with Crippen LogP contribution in [0, 0.1) is 21.4 Å². The third kappa shape index (κ3) is 3.55. The van der Waals surface area contributed by atoms with E-state index in [1.54, 1.807) is 6.07 Å². The number of hydrogen-bond donors (Lipinski definition) is 1. The first-order chi connectivity index (χ1) is 8.04. The van der Waals surface area contributed by atoms with Crippen LogP contribution in [-0.4, -0.2) is 16.0 Å². The van der Waals surface area contributed by atoms with Crippen molar-refractivity contribution in [3.8, 4) is 6.07 Å². The van der Waals surface area contributed by atoms with Crippen molar-refractivity contribution in [3.63, 3.8) is 0 Å². The summed E-state index contributed by atoms with van der Waals surface area (Å²) in [4.78, 5) is 20.9. The number of nitro groups is 1. The first-order valence-corrected chi connectivity index (χ1v) is 5.12. The molecule has 0 fully saturated rings. The molecule has 0 aliphatic carbocycles. The van der Waals surface area contributed by atoms with Crippen molar-refractivity contribution in [2.45, 2.75) is 0 Å². The molecule has 7 heteroatoms. The van der Waals surface area contributed by atoms with Crippen molar-refractivity contribution in [1.82, 2.24) is 0 Å². The number of carboxylic acid groups (broad SMARTS) is 1. The molecular weight excluding hydrogens is 244 g/mol. The number of carboxylic acids is 1. The molecule has 0 unspecified atom stereocenters. The second-order valence-electron chi connectivity index (χ2n) is 2.79. The highest BCUT2D eigenvalue weighted by Crippen LogP contribution is 2.24. The Hall–Kier alpha value is -2.46. The Labute approximate surface area is 99.9 Å². The maximum Gasteiger partial charge on any atom is 0.346 e. The summed E-state index contributed by atoms with van der Waals surface area (Å²) in [7, 11) is 0. The average Bonchev–Trinajstić information content (AvgIpc) is 2.72. The van der Waals surface area contributed by atoms with E-state index in [-0.39, 0.29) is 5.00 Å². The topological polar surface area (TPSA) is 104 Å². The Morgan fingerprint density at radius 3 is 2.76 bits per heavy atom. The summed E-state index contributed by atoms with van der Waals surface area (Å²) in [6, 6.07) is 4.42. The van der Waals surface area contributed by atoms with Gasteiger partial charge >= 0.3 is 11.0 Å². The quantitative estimate of drug-likeness (QED) is 0.290. The summed E-state index contributed by atoms with van der Waals surface area (Å²) in [6.45, 7) is 0. The third-order valence-corrected chi connectivity index (χ3v) is 2.67. The number of carbonyl (C=O) groups is 1. The Morgan fingerprint density at radius 1 is 1.59 bits per heavy atom. The van der Waals surface area contributed by atoms with Crippen molar-refractivity contribution >= 4 is 28.4 Å². The van der Waals surface area contributed by atoms with Gasteiger partial charge in [0.2, 0.25) is 0 Å². The van der Waals surface area contributed by atoms with E-state index in [2.05, 4.69) is 0 Å². The molecule has 1 rings (SSSR count). The lowest BCUT2D eigenvalue weighted by atomic mass is 10.2. The maximum absolute atomic E-state index is 10.5. The van der Waals surface area contributed by atoms with Gasteiger partial charge in [0.1, 0.15) is 11.6 Å². The maximum atomic E-state index is 10.5. The van der Waals surface area contributed by atoms with Gasteiger partial charge in [-0.2, -0.15) is 5.26 Å². The number of thiophene rings is 1. The van der Waals surface area contributed by atoms with Crippen LogP contribution >= 0.6 is 11.3 Å². The first kappa shape index (κ1) is 12.6.